The molecule has 0 amide bonds. The zero-order chi connectivity index (χ0) is 12.0. The van der Waals surface area contributed by atoms with Crippen LogP contribution in [0.1, 0.15) is 38.5 Å². The van der Waals surface area contributed by atoms with Gasteiger partial charge < -0.3 is 10.5 Å². The predicted molar refractivity (Wildman–Crippen MR) is 56.0 cm³/mol. The molecule has 0 bridgehead atoms. The summed E-state index contributed by atoms with van der Waals surface area (Å²) in [5.74, 6) is 0.475. The standard InChI is InChI=1S/C11H20F3NO/c12-11(13,14)8-16-7-3-5-9-4-1-2-6-10(9)15/h9-10H,1-8,15H2. The van der Waals surface area contributed by atoms with Crippen molar-refractivity contribution in [1.82, 2.24) is 0 Å². The molecule has 1 aliphatic carbocycles. The molecule has 1 aliphatic rings. The lowest BCUT2D eigenvalue weighted by Crippen LogP contribution is -2.33. The van der Waals surface area contributed by atoms with Gasteiger partial charge in [-0.2, -0.15) is 13.2 Å². The van der Waals surface area contributed by atoms with Crippen LogP contribution < -0.4 is 5.73 Å². The summed E-state index contributed by atoms with van der Waals surface area (Å²) in [5.41, 5.74) is 5.94. The number of halogens is 3. The Morgan fingerprint density at radius 3 is 2.50 bits per heavy atom. The summed E-state index contributed by atoms with van der Waals surface area (Å²) in [6, 6.07) is 0.233. The van der Waals surface area contributed by atoms with Crippen molar-refractivity contribution in [2.45, 2.75) is 50.7 Å². The number of ether oxygens (including phenoxy) is 1. The molecule has 2 N–H and O–H groups in total. The van der Waals surface area contributed by atoms with E-state index >= 15 is 0 Å². The van der Waals surface area contributed by atoms with Crippen molar-refractivity contribution in [1.29, 1.82) is 0 Å². The highest BCUT2D eigenvalue weighted by atomic mass is 19.4. The summed E-state index contributed by atoms with van der Waals surface area (Å²) < 4.78 is 39.8. The average molecular weight is 239 g/mol. The number of rotatable bonds is 5. The Hall–Kier alpha value is -0.290. The third-order valence-corrected chi connectivity index (χ3v) is 3.10. The molecular formula is C11H20F3NO. The summed E-state index contributed by atoms with van der Waals surface area (Å²) in [6.07, 6.45) is 1.90. The Kier molecular flexibility index (Phi) is 5.55. The van der Waals surface area contributed by atoms with Crippen LogP contribution in [0.2, 0.25) is 0 Å². The van der Waals surface area contributed by atoms with Gasteiger partial charge in [-0.1, -0.05) is 12.8 Å². The van der Waals surface area contributed by atoms with Gasteiger partial charge in [-0.05, 0) is 31.6 Å². The molecule has 1 saturated carbocycles. The molecule has 0 aliphatic heterocycles. The van der Waals surface area contributed by atoms with Gasteiger partial charge in [-0.15, -0.1) is 0 Å². The van der Waals surface area contributed by atoms with Crippen molar-refractivity contribution in [3.05, 3.63) is 0 Å². The van der Waals surface area contributed by atoms with E-state index in [2.05, 4.69) is 4.74 Å². The molecular weight excluding hydrogens is 219 g/mol. The van der Waals surface area contributed by atoms with E-state index < -0.39 is 12.8 Å². The first-order chi connectivity index (χ1) is 7.49. The topological polar surface area (TPSA) is 35.2 Å². The molecule has 0 saturated heterocycles. The molecule has 1 rings (SSSR count). The van der Waals surface area contributed by atoms with E-state index in [1.807, 2.05) is 0 Å². The maximum atomic E-state index is 11.8. The minimum Gasteiger partial charge on any atom is -0.372 e. The third-order valence-electron chi connectivity index (χ3n) is 3.10. The second kappa shape index (κ2) is 6.45. The Labute approximate surface area is 94.3 Å². The average Bonchev–Trinajstić information content (AvgIpc) is 2.18. The lowest BCUT2D eigenvalue weighted by Gasteiger charge is -2.28. The Morgan fingerprint density at radius 2 is 1.88 bits per heavy atom. The number of nitrogens with two attached hydrogens (primary N) is 1. The molecule has 0 heterocycles. The minimum absolute atomic E-state index is 0.183. The summed E-state index contributed by atoms with van der Waals surface area (Å²) in [4.78, 5) is 0. The largest absolute Gasteiger partial charge is 0.411 e. The van der Waals surface area contributed by atoms with Gasteiger partial charge in [0.2, 0.25) is 0 Å². The number of alkyl halides is 3. The second-order valence-electron chi connectivity index (χ2n) is 4.52. The molecule has 2 unspecified atom stereocenters. The fourth-order valence-electron chi connectivity index (χ4n) is 2.23. The van der Waals surface area contributed by atoms with E-state index in [9.17, 15) is 13.2 Å². The SMILES string of the molecule is NC1CCCCC1CCCOCC(F)(F)F. The van der Waals surface area contributed by atoms with E-state index in [0.717, 1.165) is 19.3 Å². The van der Waals surface area contributed by atoms with Gasteiger partial charge >= 0.3 is 6.18 Å². The van der Waals surface area contributed by atoms with E-state index in [0.29, 0.717) is 12.3 Å². The molecule has 0 aromatic rings. The minimum atomic E-state index is -4.21. The summed E-state index contributed by atoms with van der Waals surface area (Å²) >= 11 is 0. The van der Waals surface area contributed by atoms with Crippen molar-refractivity contribution in [3.63, 3.8) is 0 Å². The van der Waals surface area contributed by atoms with Crippen molar-refractivity contribution >= 4 is 0 Å². The number of hydrogen-bond acceptors (Lipinski definition) is 2. The predicted octanol–water partition coefficient (Wildman–Crippen LogP) is 2.86. The Balaban J connectivity index is 2.02. The fourth-order valence-corrected chi connectivity index (χ4v) is 2.23. The van der Waals surface area contributed by atoms with Gasteiger partial charge in [0.05, 0.1) is 0 Å². The normalized spacial score (nSPS) is 27.0. The zero-order valence-corrected chi connectivity index (χ0v) is 9.43. The van der Waals surface area contributed by atoms with Crippen molar-refractivity contribution in [3.8, 4) is 0 Å². The van der Waals surface area contributed by atoms with Gasteiger partial charge in [0, 0.05) is 12.6 Å². The van der Waals surface area contributed by atoms with E-state index in [1.165, 1.54) is 12.8 Å². The fraction of sp³-hybridized carbons (Fsp3) is 1.00. The van der Waals surface area contributed by atoms with Crippen LogP contribution in [0.15, 0.2) is 0 Å². The third kappa shape index (κ3) is 5.70. The quantitative estimate of drug-likeness (QED) is 0.749. The van der Waals surface area contributed by atoms with E-state index in [-0.39, 0.29) is 12.6 Å². The molecule has 0 aromatic heterocycles. The van der Waals surface area contributed by atoms with Gasteiger partial charge in [0.1, 0.15) is 6.61 Å². The first-order valence-corrected chi connectivity index (χ1v) is 5.89. The van der Waals surface area contributed by atoms with Gasteiger partial charge in [0.15, 0.2) is 0 Å². The molecule has 96 valence electrons. The van der Waals surface area contributed by atoms with Crippen LogP contribution in [-0.2, 0) is 4.74 Å². The molecule has 5 heteroatoms. The maximum absolute atomic E-state index is 11.8. The molecule has 0 aromatic carbocycles. The van der Waals surface area contributed by atoms with Gasteiger partial charge in [-0.25, -0.2) is 0 Å². The first-order valence-electron chi connectivity index (χ1n) is 5.89. The zero-order valence-electron chi connectivity index (χ0n) is 9.43. The first kappa shape index (κ1) is 13.8. The molecule has 2 nitrogen and oxygen atoms in total. The Morgan fingerprint density at radius 1 is 1.19 bits per heavy atom. The van der Waals surface area contributed by atoms with Crippen LogP contribution in [0, 0.1) is 5.92 Å². The van der Waals surface area contributed by atoms with E-state index in [4.69, 9.17) is 5.73 Å². The molecule has 0 spiro atoms. The maximum Gasteiger partial charge on any atom is 0.411 e. The highest BCUT2D eigenvalue weighted by Gasteiger charge is 2.27. The van der Waals surface area contributed by atoms with Crippen LogP contribution in [0.3, 0.4) is 0 Å². The summed E-state index contributed by atoms with van der Waals surface area (Å²) in [6.45, 7) is -0.952. The van der Waals surface area contributed by atoms with Crippen molar-refractivity contribution in [2.24, 2.45) is 11.7 Å². The van der Waals surface area contributed by atoms with Crippen LogP contribution >= 0.6 is 0 Å². The van der Waals surface area contributed by atoms with Gasteiger partial charge in [-0.3, -0.25) is 0 Å². The lowest BCUT2D eigenvalue weighted by molar-refractivity contribution is -0.174. The van der Waals surface area contributed by atoms with Crippen LogP contribution in [0.4, 0.5) is 13.2 Å². The highest BCUT2D eigenvalue weighted by Crippen LogP contribution is 2.26. The van der Waals surface area contributed by atoms with E-state index in [1.54, 1.807) is 0 Å². The van der Waals surface area contributed by atoms with Crippen molar-refractivity contribution < 1.29 is 17.9 Å². The van der Waals surface area contributed by atoms with Crippen LogP contribution in [0.5, 0.6) is 0 Å². The molecule has 16 heavy (non-hydrogen) atoms. The second-order valence-corrected chi connectivity index (χ2v) is 4.52. The lowest BCUT2D eigenvalue weighted by atomic mass is 9.82. The summed E-state index contributed by atoms with van der Waals surface area (Å²) in [5, 5.41) is 0. The number of hydrogen-bond donors (Lipinski definition) is 1. The highest BCUT2D eigenvalue weighted by molar-refractivity contribution is 4.77. The smallest absolute Gasteiger partial charge is 0.372 e. The van der Waals surface area contributed by atoms with Crippen molar-refractivity contribution in [2.75, 3.05) is 13.2 Å². The van der Waals surface area contributed by atoms with Crippen LogP contribution in [-0.4, -0.2) is 25.4 Å². The van der Waals surface area contributed by atoms with Gasteiger partial charge in [0.25, 0.3) is 0 Å². The molecule has 2 atom stereocenters. The summed E-state index contributed by atoms with van der Waals surface area (Å²) in [7, 11) is 0. The van der Waals surface area contributed by atoms with Crippen LogP contribution in [0.25, 0.3) is 0 Å². The Bertz CT molecular complexity index is 196. The molecule has 0 radical (unpaired) electrons. The monoisotopic (exact) mass is 239 g/mol. The molecule has 1 fully saturated rings.